The van der Waals surface area contributed by atoms with Crippen LogP contribution in [0.15, 0.2) is 43.0 Å². The van der Waals surface area contributed by atoms with Gasteiger partial charge in [-0.1, -0.05) is 19.1 Å². The number of amides is 3. The maximum absolute atomic E-state index is 12.4. The number of carbonyl (C=O) groups excluding carboxylic acids is 3. The molecule has 1 aliphatic heterocycles. The molecule has 2 aromatic rings. The lowest BCUT2D eigenvalue weighted by molar-refractivity contribution is 0.0560. The van der Waals surface area contributed by atoms with E-state index in [1.54, 1.807) is 31.2 Å². The summed E-state index contributed by atoms with van der Waals surface area (Å²) in [6.45, 7) is 1.79. The minimum absolute atomic E-state index is 0.364. The van der Waals surface area contributed by atoms with Crippen molar-refractivity contribution in [3.63, 3.8) is 0 Å². The van der Waals surface area contributed by atoms with Gasteiger partial charge in [0.1, 0.15) is 12.5 Å². The van der Waals surface area contributed by atoms with Crippen LogP contribution in [0.1, 0.15) is 34.1 Å². The van der Waals surface area contributed by atoms with Crippen molar-refractivity contribution >= 4 is 17.8 Å². The van der Waals surface area contributed by atoms with Gasteiger partial charge in [0.15, 0.2) is 0 Å². The van der Waals surface area contributed by atoms with Crippen LogP contribution in [-0.2, 0) is 0 Å². The second-order valence-corrected chi connectivity index (χ2v) is 4.87. The Morgan fingerprint density at radius 3 is 2.36 bits per heavy atom. The quantitative estimate of drug-likeness (QED) is 0.870. The smallest absolute Gasteiger partial charge is 0.316 e. The van der Waals surface area contributed by atoms with Crippen LogP contribution in [0.3, 0.4) is 0 Å². The topological polar surface area (TPSA) is 84.3 Å². The Morgan fingerprint density at radius 2 is 1.86 bits per heavy atom. The summed E-state index contributed by atoms with van der Waals surface area (Å²) in [5, 5.41) is 2.67. The van der Waals surface area contributed by atoms with Crippen molar-refractivity contribution in [3.05, 3.63) is 54.1 Å². The highest BCUT2D eigenvalue weighted by Crippen LogP contribution is 2.24. The molecule has 0 bridgehead atoms. The first-order chi connectivity index (χ1) is 10.6. The molecule has 0 fully saturated rings. The van der Waals surface area contributed by atoms with E-state index in [-0.39, 0.29) is 0 Å². The Bertz CT molecular complexity index is 704. The Balaban J connectivity index is 1.85. The monoisotopic (exact) mass is 298 g/mol. The zero-order valence-electron chi connectivity index (χ0n) is 11.9. The van der Waals surface area contributed by atoms with Crippen LogP contribution in [0.2, 0.25) is 0 Å². The van der Waals surface area contributed by atoms with E-state index in [1.807, 2.05) is 0 Å². The number of aromatic nitrogens is 2. The maximum Gasteiger partial charge on any atom is 0.328 e. The number of nitrogens with one attached hydrogen (secondary N) is 1. The van der Waals surface area contributed by atoms with Crippen LogP contribution < -0.4 is 5.32 Å². The summed E-state index contributed by atoms with van der Waals surface area (Å²) in [7, 11) is 0. The zero-order chi connectivity index (χ0) is 15.7. The van der Waals surface area contributed by atoms with Crippen molar-refractivity contribution in [3.8, 4) is 0 Å². The van der Waals surface area contributed by atoms with Gasteiger partial charge in [0, 0.05) is 12.4 Å². The van der Waals surface area contributed by atoms with Crippen LogP contribution in [0, 0.1) is 0 Å². The molecule has 0 spiro atoms. The van der Waals surface area contributed by atoms with Crippen LogP contribution in [0.5, 0.6) is 0 Å². The van der Waals surface area contributed by atoms with Crippen LogP contribution in [0.4, 0.5) is 4.79 Å². The molecular weight excluding hydrogens is 284 g/mol. The lowest BCUT2D eigenvalue weighted by Crippen LogP contribution is -2.51. The molecular formula is C15H14N4O3. The van der Waals surface area contributed by atoms with E-state index in [0.29, 0.717) is 17.5 Å². The Morgan fingerprint density at radius 1 is 1.23 bits per heavy atom. The molecule has 2 heterocycles. The fraction of sp³-hybridized carbons (Fsp3) is 0.200. The third-order valence-corrected chi connectivity index (χ3v) is 3.55. The van der Waals surface area contributed by atoms with Crippen LogP contribution >= 0.6 is 0 Å². The highest BCUT2D eigenvalue weighted by molar-refractivity contribution is 6.21. The van der Waals surface area contributed by atoms with Crippen LogP contribution in [-0.4, -0.2) is 38.5 Å². The minimum atomic E-state index is -0.706. The average molecular weight is 298 g/mol. The van der Waals surface area contributed by atoms with Gasteiger partial charge >= 0.3 is 6.03 Å². The molecule has 1 aromatic carbocycles. The SMILES string of the molecule is CCC(NC(=O)n1ccnc1)N1C(=O)c2ccccc2C1=O. The Hall–Kier alpha value is -2.96. The van der Waals surface area contributed by atoms with Crippen molar-refractivity contribution in [1.29, 1.82) is 0 Å². The number of rotatable bonds is 3. The number of hydrogen-bond donors (Lipinski definition) is 1. The van der Waals surface area contributed by atoms with Gasteiger partial charge < -0.3 is 5.32 Å². The first-order valence-electron chi connectivity index (χ1n) is 6.89. The van der Waals surface area contributed by atoms with E-state index < -0.39 is 24.0 Å². The standard InChI is InChI=1S/C15H14N4O3/c1-2-12(17-15(22)18-8-7-16-9-18)19-13(20)10-5-3-4-6-11(10)14(19)21/h3-9,12H,2H2,1H3,(H,17,22). The predicted molar refractivity (Wildman–Crippen MR) is 77.2 cm³/mol. The van der Waals surface area contributed by atoms with Gasteiger partial charge in [-0.3, -0.25) is 19.1 Å². The molecule has 1 atom stereocenters. The fourth-order valence-corrected chi connectivity index (χ4v) is 2.44. The largest absolute Gasteiger partial charge is 0.328 e. The molecule has 0 saturated heterocycles. The molecule has 112 valence electrons. The molecule has 0 saturated carbocycles. The van der Waals surface area contributed by atoms with Gasteiger partial charge in [-0.15, -0.1) is 0 Å². The molecule has 1 aromatic heterocycles. The number of benzene rings is 1. The molecule has 0 aliphatic carbocycles. The van der Waals surface area contributed by atoms with Gasteiger partial charge in [-0.25, -0.2) is 9.78 Å². The normalized spacial score (nSPS) is 14.9. The summed E-state index contributed by atoms with van der Waals surface area (Å²) in [4.78, 5) is 41.8. The van der Waals surface area contributed by atoms with E-state index in [2.05, 4.69) is 10.3 Å². The van der Waals surface area contributed by atoms with Gasteiger partial charge in [0.05, 0.1) is 11.1 Å². The predicted octanol–water partition coefficient (Wildman–Crippen LogP) is 1.47. The van der Waals surface area contributed by atoms with Crippen molar-refractivity contribution in [2.45, 2.75) is 19.5 Å². The van der Waals surface area contributed by atoms with Gasteiger partial charge in [0.2, 0.25) is 0 Å². The van der Waals surface area contributed by atoms with E-state index >= 15 is 0 Å². The van der Waals surface area contributed by atoms with Gasteiger partial charge in [-0.2, -0.15) is 0 Å². The summed E-state index contributed by atoms with van der Waals surface area (Å²) in [5.41, 5.74) is 0.727. The summed E-state index contributed by atoms with van der Waals surface area (Å²) in [6, 6.07) is 6.19. The lowest BCUT2D eigenvalue weighted by Gasteiger charge is -2.25. The van der Waals surface area contributed by atoms with E-state index in [0.717, 1.165) is 4.90 Å². The van der Waals surface area contributed by atoms with E-state index in [4.69, 9.17) is 0 Å². The average Bonchev–Trinajstić information content (AvgIpc) is 3.15. The van der Waals surface area contributed by atoms with Gasteiger partial charge in [0.25, 0.3) is 11.8 Å². The second kappa shape index (κ2) is 5.44. The number of imide groups is 1. The number of carbonyl (C=O) groups is 3. The third kappa shape index (κ3) is 2.16. The molecule has 0 radical (unpaired) electrons. The molecule has 1 unspecified atom stereocenters. The number of hydrogen-bond acceptors (Lipinski definition) is 4. The minimum Gasteiger partial charge on any atom is -0.316 e. The summed E-state index contributed by atoms with van der Waals surface area (Å²) < 4.78 is 1.25. The molecule has 3 rings (SSSR count). The van der Waals surface area contributed by atoms with Crippen molar-refractivity contribution in [2.75, 3.05) is 0 Å². The molecule has 7 heteroatoms. The van der Waals surface area contributed by atoms with Crippen molar-refractivity contribution in [1.82, 2.24) is 19.8 Å². The number of nitrogens with zero attached hydrogens (tertiary/aromatic N) is 3. The number of imidazole rings is 1. The van der Waals surface area contributed by atoms with Gasteiger partial charge in [-0.05, 0) is 18.6 Å². The van der Waals surface area contributed by atoms with Crippen molar-refractivity contribution < 1.29 is 14.4 Å². The summed E-state index contributed by atoms with van der Waals surface area (Å²) in [5.74, 6) is -0.781. The Labute approximate surface area is 126 Å². The highest BCUT2D eigenvalue weighted by atomic mass is 16.2. The fourth-order valence-electron chi connectivity index (χ4n) is 2.44. The molecule has 3 amide bonds. The maximum atomic E-state index is 12.4. The third-order valence-electron chi connectivity index (χ3n) is 3.55. The zero-order valence-corrected chi connectivity index (χ0v) is 11.9. The Kier molecular flexibility index (Phi) is 3.46. The number of fused-ring (bicyclic) bond motifs is 1. The molecule has 1 aliphatic rings. The first kappa shape index (κ1) is 14.0. The van der Waals surface area contributed by atoms with E-state index in [1.165, 1.54) is 23.3 Å². The van der Waals surface area contributed by atoms with Crippen LogP contribution in [0.25, 0.3) is 0 Å². The molecule has 7 nitrogen and oxygen atoms in total. The van der Waals surface area contributed by atoms with E-state index in [9.17, 15) is 14.4 Å². The van der Waals surface area contributed by atoms with Crippen molar-refractivity contribution in [2.24, 2.45) is 0 Å². The molecule has 22 heavy (non-hydrogen) atoms. The first-order valence-corrected chi connectivity index (χ1v) is 6.89. The highest BCUT2D eigenvalue weighted by Gasteiger charge is 2.39. The summed E-state index contributed by atoms with van der Waals surface area (Å²) >= 11 is 0. The molecule has 1 N–H and O–H groups in total. The second-order valence-electron chi connectivity index (χ2n) is 4.87. The lowest BCUT2D eigenvalue weighted by atomic mass is 10.1. The summed E-state index contributed by atoms with van der Waals surface area (Å²) in [6.07, 6.45) is 4.02.